The molecule has 3 N–H and O–H groups in total. The lowest BCUT2D eigenvalue weighted by atomic mass is 10.1. The summed E-state index contributed by atoms with van der Waals surface area (Å²) in [5.74, 6) is -0.466. The zero-order valence-electron chi connectivity index (χ0n) is 13.1. The Kier molecular flexibility index (Phi) is 4.95. The van der Waals surface area contributed by atoms with Crippen LogP contribution < -0.4 is 10.1 Å². The first-order valence-electron chi connectivity index (χ1n) is 7.61. The number of carbonyl (C=O) groups excluding carboxylic acids is 1. The molecule has 1 heterocycles. The lowest BCUT2D eigenvalue weighted by Crippen LogP contribution is -2.30. The van der Waals surface area contributed by atoms with Gasteiger partial charge in [-0.05, 0) is 23.8 Å². The van der Waals surface area contributed by atoms with E-state index in [1.807, 2.05) is 6.07 Å². The summed E-state index contributed by atoms with van der Waals surface area (Å²) in [6.07, 6.45) is 0. The van der Waals surface area contributed by atoms with E-state index in [4.69, 9.17) is 0 Å². The van der Waals surface area contributed by atoms with Crippen LogP contribution in [0.2, 0.25) is 0 Å². The average molecular weight is 346 g/mol. The number of amides is 1. The van der Waals surface area contributed by atoms with Gasteiger partial charge in [0.1, 0.15) is 11.4 Å². The third-order valence-corrected chi connectivity index (χ3v) is 3.77. The molecule has 0 spiro atoms. The molecule has 0 aliphatic rings. The minimum Gasteiger partial charge on any atom is -0.434 e. The van der Waals surface area contributed by atoms with E-state index in [1.165, 1.54) is 12.1 Å². The lowest BCUT2D eigenvalue weighted by Gasteiger charge is -2.16. The molecule has 2 aromatic carbocycles. The van der Waals surface area contributed by atoms with Gasteiger partial charge in [0.05, 0.1) is 12.6 Å². The number of hydrogen-bond donors (Lipinski definition) is 3. The molecule has 25 heavy (non-hydrogen) atoms. The summed E-state index contributed by atoms with van der Waals surface area (Å²) in [5.41, 5.74) is 1.45. The van der Waals surface area contributed by atoms with Crippen molar-refractivity contribution in [2.24, 2.45) is 0 Å². The first-order chi connectivity index (χ1) is 12.1. The van der Waals surface area contributed by atoms with Gasteiger partial charge in [-0.25, -0.2) is 0 Å². The number of rotatable bonds is 6. The molecule has 7 heteroatoms. The van der Waals surface area contributed by atoms with Crippen LogP contribution in [-0.4, -0.2) is 29.2 Å². The van der Waals surface area contributed by atoms with Crippen LogP contribution in [0.25, 0.3) is 10.9 Å². The van der Waals surface area contributed by atoms with Crippen molar-refractivity contribution in [3.05, 3.63) is 65.9 Å². The molecule has 0 unspecified atom stereocenters. The number of aliphatic hydroxyl groups excluding tert-OH is 1. The zero-order valence-corrected chi connectivity index (χ0v) is 13.1. The van der Waals surface area contributed by atoms with E-state index in [-0.39, 0.29) is 18.1 Å². The molecule has 0 aliphatic carbocycles. The first kappa shape index (κ1) is 16.9. The molecule has 0 saturated heterocycles. The predicted molar refractivity (Wildman–Crippen MR) is 88.7 cm³/mol. The number of ether oxygens (including phenoxy) is 1. The minimum absolute atomic E-state index is 0.00966. The number of aromatic nitrogens is 1. The van der Waals surface area contributed by atoms with Gasteiger partial charge in [0.15, 0.2) is 0 Å². The maximum absolute atomic E-state index is 12.5. The van der Waals surface area contributed by atoms with Crippen molar-refractivity contribution in [2.45, 2.75) is 12.7 Å². The van der Waals surface area contributed by atoms with Gasteiger partial charge in [-0.2, -0.15) is 8.78 Å². The molecule has 3 aromatic rings. The molecule has 0 bridgehead atoms. The fraction of sp³-hybridized carbons (Fsp3) is 0.167. The highest BCUT2D eigenvalue weighted by molar-refractivity contribution is 5.99. The van der Waals surface area contributed by atoms with Crippen molar-refractivity contribution >= 4 is 16.8 Å². The van der Waals surface area contributed by atoms with Gasteiger partial charge >= 0.3 is 6.61 Å². The number of halogens is 2. The fourth-order valence-corrected chi connectivity index (χ4v) is 2.60. The van der Waals surface area contributed by atoms with E-state index in [9.17, 15) is 18.7 Å². The Hall–Kier alpha value is -2.93. The molecule has 0 saturated carbocycles. The normalized spacial score (nSPS) is 12.3. The standard InChI is InChI=1S/C18H16F2N2O3/c19-18(20)25-16-8-4-7-13-12(16)9-14(21-13)17(24)22-15(10-23)11-5-2-1-3-6-11/h1-9,15,18,21,23H,10H2,(H,22,24)/t15-/m1/s1. The molecule has 1 atom stereocenters. The SMILES string of the molecule is O=C(N[C@H](CO)c1ccccc1)c1cc2c(OC(F)F)cccc2[nH]1. The number of fused-ring (bicyclic) bond motifs is 1. The van der Waals surface area contributed by atoms with E-state index in [2.05, 4.69) is 15.0 Å². The molecule has 0 fully saturated rings. The lowest BCUT2D eigenvalue weighted by molar-refractivity contribution is -0.0487. The van der Waals surface area contributed by atoms with Crippen LogP contribution in [-0.2, 0) is 0 Å². The zero-order chi connectivity index (χ0) is 17.8. The molecular weight excluding hydrogens is 330 g/mol. The second-order valence-corrected chi connectivity index (χ2v) is 5.40. The largest absolute Gasteiger partial charge is 0.434 e. The maximum Gasteiger partial charge on any atom is 0.387 e. The van der Waals surface area contributed by atoms with Crippen LogP contribution in [0.4, 0.5) is 8.78 Å². The molecule has 0 radical (unpaired) electrons. The van der Waals surface area contributed by atoms with Crippen molar-refractivity contribution in [3.63, 3.8) is 0 Å². The van der Waals surface area contributed by atoms with Gasteiger partial charge in [-0.15, -0.1) is 0 Å². The number of nitrogens with one attached hydrogen (secondary N) is 2. The highest BCUT2D eigenvalue weighted by Gasteiger charge is 2.18. The summed E-state index contributed by atoms with van der Waals surface area (Å²) in [5, 5.41) is 12.6. The van der Waals surface area contributed by atoms with Gasteiger partial charge in [0, 0.05) is 10.9 Å². The van der Waals surface area contributed by atoms with Crippen molar-refractivity contribution in [2.75, 3.05) is 6.61 Å². The number of carbonyl (C=O) groups is 1. The minimum atomic E-state index is -2.95. The summed E-state index contributed by atoms with van der Waals surface area (Å²) in [4.78, 5) is 15.3. The fourth-order valence-electron chi connectivity index (χ4n) is 2.60. The first-order valence-corrected chi connectivity index (χ1v) is 7.61. The van der Waals surface area contributed by atoms with Gasteiger partial charge < -0.3 is 20.1 Å². The molecule has 0 aliphatic heterocycles. The van der Waals surface area contributed by atoms with E-state index >= 15 is 0 Å². The Morgan fingerprint density at radius 2 is 1.92 bits per heavy atom. The number of H-pyrrole nitrogens is 1. The summed E-state index contributed by atoms with van der Waals surface area (Å²) in [6.45, 7) is -3.22. The van der Waals surface area contributed by atoms with Crippen LogP contribution in [0.15, 0.2) is 54.6 Å². The number of aromatic amines is 1. The number of hydrogen-bond acceptors (Lipinski definition) is 3. The Morgan fingerprint density at radius 3 is 2.60 bits per heavy atom. The molecule has 3 rings (SSSR count). The van der Waals surface area contributed by atoms with E-state index in [0.717, 1.165) is 5.56 Å². The molecular formula is C18H16F2N2O3. The molecule has 130 valence electrons. The Labute approximate surface area is 142 Å². The highest BCUT2D eigenvalue weighted by atomic mass is 19.3. The Bertz CT molecular complexity index is 865. The molecule has 1 aromatic heterocycles. The summed E-state index contributed by atoms with van der Waals surface area (Å²) >= 11 is 0. The van der Waals surface area contributed by atoms with E-state index in [1.54, 1.807) is 36.4 Å². The van der Waals surface area contributed by atoms with Gasteiger partial charge in [-0.1, -0.05) is 36.4 Å². The highest BCUT2D eigenvalue weighted by Crippen LogP contribution is 2.28. The molecule has 1 amide bonds. The summed E-state index contributed by atoms with van der Waals surface area (Å²) in [6, 6.07) is 14.5. The maximum atomic E-state index is 12.5. The van der Waals surface area contributed by atoms with Crippen LogP contribution in [0.5, 0.6) is 5.75 Å². The van der Waals surface area contributed by atoms with Gasteiger partial charge in [0.2, 0.25) is 0 Å². The smallest absolute Gasteiger partial charge is 0.387 e. The molecule has 5 nitrogen and oxygen atoms in total. The Balaban J connectivity index is 1.84. The number of alkyl halides is 2. The second kappa shape index (κ2) is 7.31. The van der Waals surface area contributed by atoms with Crippen LogP contribution in [0.1, 0.15) is 22.1 Å². The summed E-state index contributed by atoms with van der Waals surface area (Å²) < 4.78 is 29.4. The van der Waals surface area contributed by atoms with Crippen LogP contribution in [0.3, 0.4) is 0 Å². The third kappa shape index (κ3) is 3.77. The Morgan fingerprint density at radius 1 is 1.16 bits per heavy atom. The van der Waals surface area contributed by atoms with Crippen molar-refractivity contribution in [3.8, 4) is 5.75 Å². The number of benzene rings is 2. The van der Waals surface area contributed by atoms with Gasteiger partial charge in [0.25, 0.3) is 5.91 Å². The number of aliphatic hydroxyl groups is 1. The van der Waals surface area contributed by atoms with E-state index < -0.39 is 18.6 Å². The third-order valence-electron chi connectivity index (χ3n) is 3.77. The quantitative estimate of drug-likeness (QED) is 0.641. The summed E-state index contributed by atoms with van der Waals surface area (Å²) in [7, 11) is 0. The second-order valence-electron chi connectivity index (χ2n) is 5.40. The van der Waals surface area contributed by atoms with Crippen LogP contribution in [0, 0.1) is 0 Å². The van der Waals surface area contributed by atoms with E-state index in [0.29, 0.717) is 10.9 Å². The van der Waals surface area contributed by atoms with Crippen molar-refractivity contribution < 1.29 is 23.4 Å². The average Bonchev–Trinajstić information content (AvgIpc) is 3.05. The van der Waals surface area contributed by atoms with Gasteiger partial charge in [-0.3, -0.25) is 4.79 Å². The van der Waals surface area contributed by atoms with Crippen molar-refractivity contribution in [1.29, 1.82) is 0 Å². The predicted octanol–water partition coefficient (Wildman–Crippen LogP) is 3.23. The monoisotopic (exact) mass is 346 g/mol. The topological polar surface area (TPSA) is 74.3 Å². The van der Waals surface area contributed by atoms with Crippen molar-refractivity contribution in [1.82, 2.24) is 10.3 Å². The van der Waals surface area contributed by atoms with Crippen LogP contribution >= 0.6 is 0 Å².